The third-order valence-electron chi connectivity index (χ3n) is 3.58. The van der Waals surface area contributed by atoms with E-state index < -0.39 is 6.10 Å². The zero-order chi connectivity index (χ0) is 14.9. The molecule has 2 unspecified atom stereocenters. The molecule has 0 spiro atoms. The summed E-state index contributed by atoms with van der Waals surface area (Å²) in [7, 11) is 3.93. The number of hydrogen-bond acceptors (Lipinski definition) is 3. The predicted octanol–water partition coefficient (Wildman–Crippen LogP) is 1.79. The van der Waals surface area contributed by atoms with E-state index in [0.717, 1.165) is 12.1 Å². The third kappa shape index (κ3) is 3.32. The van der Waals surface area contributed by atoms with Gasteiger partial charge < -0.3 is 14.9 Å². The van der Waals surface area contributed by atoms with E-state index in [-0.39, 0.29) is 11.9 Å². The fourth-order valence-electron chi connectivity index (χ4n) is 2.68. The highest BCUT2D eigenvalue weighted by molar-refractivity contribution is 6.33. The Balaban J connectivity index is 2.22. The third-order valence-corrected chi connectivity index (χ3v) is 3.90. The van der Waals surface area contributed by atoms with Crippen LogP contribution in [0.4, 0.5) is 0 Å². The van der Waals surface area contributed by atoms with Gasteiger partial charge in [-0.3, -0.25) is 4.79 Å². The Bertz CT molecular complexity index is 505. The van der Waals surface area contributed by atoms with Gasteiger partial charge in [0.15, 0.2) is 0 Å². The van der Waals surface area contributed by atoms with Gasteiger partial charge in [0.05, 0.1) is 16.7 Å². The van der Waals surface area contributed by atoms with Crippen molar-refractivity contribution >= 4 is 17.5 Å². The number of aryl methyl sites for hydroxylation is 1. The summed E-state index contributed by atoms with van der Waals surface area (Å²) in [5, 5.41) is 10.3. The molecule has 0 aromatic heterocycles. The summed E-state index contributed by atoms with van der Waals surface area (Å²) in [4.78, 5) is 16.4. The number of halogens is 1. The van der Waals surface area contributed by atoms with Crippen molar-refractivity contribution in [2.75, 3.05) is 27.2 Å². The minimum atomic E-state index is -0.451. The monoisotopic (exact) mass is 296 g/mol. The van der Waals surface area contributed by atoms with Crippen molar-refractivity contribution in [3.8, 4) is 0 Å². The Hall–Kier alpha value is -1.10. The van der Waals surface area contributed by atoms with Crippen molar-refractivity contribution in [1.29, 1.82) is 0 Å². The number of amides is 1. The highest BCUT2D eigenvalue weighted by Crippen LogP contribution is 2.25. The van der Waals surface area contributed by atoms with Gasteiger partial charge in [-0.2, -0.15) is 0 Å². The molecule has 1 heterocycles. The molecule has 20 heavy (non-hydrogen) atoms. The molecule has 2 rings (SSSR count). The maximum Gasteiger partial charge on any atom is 0.255 e. The summed E-state index contributed by atoms with van der Waals surface area (Å²) < 4.78 is 0. The Morgan fingerprint density at radius 3 is 2.80 bits per heavy atom. The second-order valence-electron chi connectivity index (χ2n) is 5.75. The van der Waals surface area contributed by atoms with Gasteiger partial charge >= 0.3 is 0 Å². The molecule has 110 valence electrons. The van der Waals surface area contributed by atoms with E-state index in [1.807, 2.05) is 32.0 Å². The van der Waals surface area contributed by atoms with Crippen LogP contribution in [0.5, 0.6) is 0 Å². The van der Waals surface area contributed by atoms with Crippen LogP contribution < -0.4 is 0 Å². The number of hydrogen-bond donors (Lipinski definition) is 1. The molecule has 1 saturated heterocycles. The predicted molar refractivity (Wildman–Crippen MR) is 80.2 cm³/mol. The van der Waals surface area contributed by atoms with Crippen LogP contribution in [0.3, 0.4) is 0 Å². The minimum Gasteiger partial charge on any atom is -0.391 e. The molecule has 1 fully saturated rings. The summed E-state index contributed by atoms with van der Waals surface area (Å²) in [5.74, 6) is -0.0987. The first-order valence-electron chi connectivity index (χ1n) is 6.78. The highest BCUT2D eigenvalue weighted by atomic mass is 35.5. The average molecular weight is 297 g/mol. The van der Waals surface area contributed by atoms with Crippen molar-refractivity contribution in [3.05, 3.63) is 34.3 Å². The zero-order valence-electron chi connectivity index (χ0n) is 12.1. The van der Waals surface area contributed by atoms with Crippen LogP contribution in [-0.4, -0.2) is 60.1 Å². The molecule has 4 nitrogen and oxygen atoms in total. The second-order valence-corrected chi connectivity index (χ2v) is 6.15. The second kappa shape index (κ2) is 6.12. The maximum atomic E-state index is 12.6. The lowest BCUT2D eigenvalue weighted by molar-refractivity contribution is 0.0699. The van der Waals surface area contributed by atoms with Crippen molar-refractivity contribution in [2.24, 2.45) is 0 Å². The average Bonchev–Trinajstić information content (AvgIpc) is 2.68. The van der Waals surface area contributed by atoms with Crippen molar-refractivity contribution in [1.82, 2.24) is 9.80 Å². The molecule has 0 bridgehead atoms. The molecule has 2 atom stereocenters. The van der Waals surface area contributed by atoms with E-state index in [4.69, 9.17) is 11.6 Å². The molecule has 0 saturated carbocycles. The molecule has 1 aromatic rings. The molecule has 0 aliphatic carbocycles. The number of nitrogens with zero attached hydrogens (tertiary/aromatic N) is 2. The number of β-amino-alcohol motifs (C(OH)–C–C–N with tert-alkyl or cyclic N) is 1. The normalized spacial score (nSPS) is 22.6. The van der Waals surface area contributed by atoms with Crippen LogP contribution >= 0.6 is 11.6 Å². The van der Waals surface area contributed by atoms with E-state index in [1.165, 1.54) is 0 Å². The Morgan fingerprint density at radius 1 is 1.50 bits per heavy atom. The van der Waals surface area contributed by atoms with Gasteiger partial charge in [-0.1, -0.05) is 17.7 Å². The number of carbonyl (C=O) groups excluding carboxylic acids is 1. The number of carbonyl (C=O) groups is 1. The van der Waals surface area contributed by atoms with E-state index >= 15 is 0 Å². The largest absolute Gasteiger partial charge is 0.391 e. The van der Waals surface area contributed by atoms with Gasteiger partial charge in [0.25, 0.3) is 5.91 Å². The van der Waals surface area contributed by atoms with E-state index in [9.17, 15) is 9.90 Å². The Labute approximate surface area is 124 Å². The van der Waals surface area contributed by atoms with Crippen molar-refractivity contribution in [3.63, 3.8) is 0 Å². The molecule has 1 aliphatic heterocycles. The summed E-state index contributed by atoms with van der Waals surface area (Å²) >= 11 is 6.17. The standard InChI is InChI=1S/C15H21ClN2O2/c1-10-4-5-13(14(16)6-10)15(20)18-9-12(19)7-11(18)8-17(2)3/h4-6,11-12,19H,7-9H2,1-3H3. The first-order chi connectivity index (χ1) is 9.38. The number of likely N-dealkylation sites (N-methyl/N-ethyl adjacent to an activating group) is 1. The fourth-order valence-corrected chi connectivity index (χ4v) is 3.00. The molecule has 1 aliphatic rings. The minimum absolute atomic E-state index is 0.0323. The number of likely N-dealkylation sites (tertiary alicyclic amines) is 1. The number of rotatable bonds is 3. The first-order valence-corrected chi connectivity index (χ1v) is 7.16. The molecule has 0 radical (unpaired) electrons. The van der Waals surface area contributed by atoms with E-state index in [2.05, 4.69) is 0 Å². The quantitative estimate of drug-likeness (QED) is 0.925. The molecular weight excluding hydrogens is 276 g/mol. The maximum absolute atomic E-state index is 12.6. The fraction of sp³-hybridized carbons (Fsp3) is 0.533. The van der Waals surface area contributed by atoms with Crippen molar-refractivity contribution in [2.45, 2.75) is 25.5 Å². The van der Waals surface area contributed by atoms with Gasteiger partial charge in [-0.05, 0) is 45.1 Å². The van der Waals surface area contributed by atoms with Crippen LogP contribution in [0.15, 0.2) is 18.2 Å². The van der Waals surface area contributed by atoms with Gasteiger partial charge in [-0.15, -0.1) is 0 Å². The van der Waals surface area contributed by atoms with Gasteiger partial charge in [0.1, 0.15) is 0 Å². The summed E-state index contributed by atoms with van der Waals surface area (Å²) in [5.41, 5.74) is 1.54. The first kappa shape index (κ1) is 15.3. The van der Waals surface area contributed by atoms with Crippen LogP contribution in [-0.2, 0) is 0 Å². The summed E-state index contributed by atoms with van der Waals surface area (Å²) in [6, 6.07) is 5.47. The Morgan fingerprint density at radius 2 is 2.20 bits per heavy atom. The zero-order valence-corrected chi connectivity index (χ0v) is 12.9. The lowest BCUT2D eigenvalue weighted by Gasteiger charge is -2.27. The lowest BCUT2D eigenvalue weighted by Crippen LogP contribution is -2.41. The summed E-state index contributed by atoms with van der Waals surface area (Å²) in [6.45, 7) is 3.06. The van der Waals surface area contributed by atoms with E-state index in [0.29, 0.717) is 23.6 Å². The van der Waals surface area contributed by atoms with Crippen LogP contribution in [0.1, 0.15) is 22.3 Å². The SMILES string of the molecule is Cc1ccc(C(=O)N2CC(O)CC2CN(C)C)c(Cl)c1. The smallest absolute Gasteiger partial charge is 0.255 e. The van der Waals surface area contributed by atoms with E-state index in [1.54, 1.807) is 17.0 Å². The van der Waals surface area contributed by atoms with Crippen LogP contribution in [0.25, 0.3) is 0 Å². The number of aliphatic hydroxyl groups is 1. The number of aliphatic hydroxyl groups excluding tert-OH is 1. The van der Waals surface area contributed by atoms with Crippen molar-refractivity contribution < 1.29 is 9.90 Å². The lowest BCUT2D eigenvalue weighted by atomic mass is 10.1. The molecule has 1 N–H and O–H groups in total. The highest BCUT2D eigenvalue weighted by Gasteiger charge is 2.35. The number of benzene rings is 1. The molecule has 5 heteroatoms. The van der Waals surface area contributed by atoms with Gasteiger partial charge in [-0.25, -0.2) is 0 Å². The molecule has 1 aromatic carbocycles. The Kier molecular flexibility index (Phi) is 4.68. The summed E-state index contributed by atoms with van der Waals surface area (Å²) in [6.07, 6.45) is 0.168. The molecule has 1 amide bonds. The van der Waals surface area contributed by atoms with Gasteiger partial charge in [0, 0.05) is 19.1 Å². The van der Waals surface area contributed by atoms with Gasteiger partial charge in [0.2, 0.25) is 0 Å². The molecular formula is C15H21ClN2O2. The topological polar surface area (TPSA) is 43.8 Å². The van der Waals surface area contributed by atoms with Crippen LogP contribution in [0.2, 0.25) is 5.02 Å². The van der Waals surface area contributed by atoms with Crippen LogP contribution in [0, 0.1) is 6.92 Å².